The van der Waals surface area contributed by atoms with Gasteiger partial charge in [-0.2, -0.15) is 0 Å². The van der Waals surface area contributed by atoms with Gasteiger partial charge in [-0.1, -0.05) is 29.2 Å². The number of hydrogen-bond donors (Lipinski definition) is 1. The van der Waals surface area contributed by atoms with Crippen molar-refractivity contribution in [3.8, 4) is 5.75 Å². The molecule has 3 aromatic rings. The standard InChI is InChI=1S/C19H20N4O2S3/c1-25-14-8-6-13(7-9-14)20-18-21-22-19(28-18)27-12-17(24)23-10-2-4-15(23)16-5-3-11-26-16/h3,5-9,11,15H,2,4,10,12H2,1H3,(H,20,21). The van der Waals surface area contributed by atoms with Gasteiger partial charge in [0.05, 0.1) is 18.9 Å². The van der Waals surface area contributed by atoms with Crippen molar-refractivity contribution in [3.63, 3.8) is 0 Å². The Balaban J connectivity index is 1.32. The Bertz CT molecular complexity index is 912. The quantitative estimate of drug-likeness (QED) is 0.541. The molecule has 2 aromatic heterocycles. The lowest BCUT2D eigenvalue weighted by molar-refractivity contribution is -0.129. The Morgan fingerprint density at radius 3 is 2.93 bits per heavy atom. The summed E-state index contributed by atoms with van der Waals surface area (Å²) in [6, 6.07) is 12.0. The van der Waals surface area contributed by atoms with Gasteiger partial charge in [0.2, 0.25) is 11.0 Å². The van der Waals surface area contributed by atoms with Crippen molar-refractivity contribution >= 4 is 51.2 Å². The van der Waals surface area contributed by atoms with Crippen LogP contribution >= 0.6 is 34.4 Å². The number of thioether (sulfide) groups is 1. The number of rotatable bonds is 7. The fourth-order valence-corrected chi connectivity index (χ4v) is 5.70. The summed E-state index contributed by atoms with van der Waals surface area (Å²) in [4.78, 5) is 16.0. The summed E-state index contributed by atoms with van der Waals surface area (Å²) in [5.41, 5.74) is 0.917. The Kier molecular flexibility index (Phi) is 6.13. The number of nitrogens with zero attached hydrogens (tertiary/aromatic N) is 3. The summed E-state index contributed by atoms with van der Waals surface area (Å²) < 4.78 is 5.95. The lowest BCUT2D eigenvalue weighted by atomic mass is 10.2. The zero-order valence-corrected chi connectivity index (χ0v) is 17.8. The normalized spacial score (nSPS) is 16.3. The van der Waals surface area contributed by atoms with Gasteiger partial charge in [-0.3, -0.25) is 4.79 Å². The zero-order valence-electron chi connectivity index (χ0n) is 15.3. The molecule has 3 heterocycles. The summed E-state index contributed by atoms with van der Waals surface area (Å²) in [7, 11) is 1.64. The summed E-state index contributed by atoms with van der Waals surface area (Å²) in [6.07, 6.45) is 2.11. The van der Waals surface area contributed by atoms with E-state index >= 15 is 0 Å². The highest BCUT2D eigenvalue weighted by Crippen LogP contribution is 2.35. The number of carbonyl (C=O) groups excluding carboxylic acids is 1. The number of amides is 1. The van der Waals surface area contributed by atoms with Crippen LogP contribution in [0.25, 0.3) is 0 Å². The van der Waals surface area contributed by atoms with E-state index in [1.54, 1.807) is 18.4 Å². The number of benzene rings is 1. The molecule has 28 heavy (non-hydrogen) atoms. The van der Waals surface area contributed by atoms with E-state index in [-0.39, 0.29) is 11.9 Å². The number of thiophene rings is 1. The zero-order chi connectivity index (χ0) is 19.3. The molecule has 4 rings (SSSR count). The van der Waals surface area contributed by atoms with Gasteiger partial charge < -0.3 is 15.0 Å². The molecule has 146 valence electrons. The van der Waals surface area contributed by atoms with Crippen LogP contribution in [0.1, 0.15) is 23.8 Å². The fraction of sp³-hybridized carbons (Fsp3) is 0.316. The monoisotopic (exact) mass is 432 g/mol. The van der Waals surface area contributed by atoms with Crippen molar-refractivity contribution in [3.05, 3.63) is 46.7 Å². The number of nitrogens with one attached hydrogen (secondary N) is 1. The van der Waals surface area contributed by atoms with Crippen LogP contribution in [-0.2, 0) is 4.79 Å². The molecule has 1 aromatic carbocycles. The average molecular weight is 433 g/mol. The molecule has 0 spiro atoms. The fourth-order valence-electron chi connectivity index (χ4n) is 3.16. The maximum absolute atomic E-state index is 12.7. The van der Waals surface area contributed by atoms with Crippen LogP contribution in [0.15, 0.2) is 46.1 Å². The summed E-state index contributed by atoms with van der Waals surface area (Å²) >= 11 is 4.62. The third-order valence-corrected chi connectivity index (χ3v) is 7.44. The number of hydrogen-bond acceptors (Lipinski definition) is 8. The SMILES string of the molecule is COc1ccc(Nc2nnc(SCC(=O)N3CCCC3c3cccs3)s2)cc1. The van der Waals surface area contributed by atoms with Crippen LogP contribution in [0.5, 0.6) is 5.75 Å². The van der Waals surface area contributed by atoms with E-state index in [0.29, 0.717) is 10.9 Å². The first kappa shape index (κ1) is 19.2. The molecule has 1 amide bonds. The van der Waals surface area contributed by atoms with Crippen molar-refractivity contribution in [1.29, 1.82) is 0 Å². The van der Waals surface area contributed by atoms with E-state index < -0.39 is 0 Å². The van der Waals surface area contributed by atoms with E-state index in [9.17, 15) is 4.79 Å². The highest BCUT2D eigenvalue weighted by atomic mass is 32.2. The predicted molar refractivity (Wildman–Crippen MR) is 115 cm³/mol. The van der Waals surface area contributed by atoms with Gasteiger partial charge in [-0.05, 0) is 48.6 Å². The number of ether oxygens (including phenoxy) is 1. The molecule has 0 bridgehead atoms. The number of anilines is 2. The number of carbonyl (C=O) groups is 1. The third kappa shape index (κ3) is 4.48. The smallest absolute Gasteiger partial charge is 0.233 e. The number of aromatic nitrogens is 2. The lowest BCUT2D eigenvalue weighted by Gasteiger charge is -2.23. The van der Waals surface area contributed by atoms with Crippen molar-refractivity contribution in [1.82, 2.24) is 15.1 Å². The van der Waals surface area contributed by atoms with Gasteiger partial charge in [0.15, 0.2) is 4.34 Å². The van der Waals surface area contributed by atoms with Crippen LogP contribution in [0.2, 0.25) is 0 Å². The second-order valence-electron chi connectivity index (χ2n) is 6.28. The highest BCUT2D eigenvalue weighted by molar-refractivity contribution is 8.01. The number of likely N-dealkylation sites (tertiary alicyclic amines) is 1. The van der Waals surface area contributed by atoms with Crippen LogP contribution in [0.3, 0.4) is 0 Å². The topological polar surface area (TPSA) is 67.3 Å². The molecule has 6 nitrogen and oxygen atoms in total. The van der Waals surface area contributed by atoms with Gasteiger partial charge >= 0.3 is 0 Å². The molecule has 1 atom stereocenters. The van der Waals surface area contributed by atoms with Crippen LogP contribution in [-0.4, -0.2) is 40.4 Å². The molecular formula is C19H20N4O2S3. The molecule has 1 N–H and O–H groups in total. The molecule has 1 unspecified atom stereocenters. The first-order valence-corrected chi connectivity index (χ1v) is 11.6. The summed E-state index contributed by atoms with van der Waals surface area (Å²) in [5, 5.41) is 14.4. The Morgan fingerprint density at radius 1 is 1.32 bits per heavy atom. The van der Waals surface area contributed by atoms with Gasteiger partial charge in [0, 0.05) is 17.1 Å². The van der Waals surface area contributed by atoms with E-state index in [1.165, 1.54) is 28.0 Å². The second kappa shape index (κ2) is 8.93. The van der Waals surface area contributed by atoms with E-state index in [1.807, 2.05) is 35.2 Å². The largest absolute Gasteiger partial charge is 0.497 e. The molecule has 1 aliphatic rings. The maximum Gasteiger partial charge on any atom is 0.233 e. The van der Waals surface area contributed by atoms with Crippen LogP contribution in [0, 0.1) is 0 Å². The number of methoxy groups -OCH3 is 1. The first-order chi connectivity index (χ1) is 13.7. The molecule has 0 saturated carbocycles. The van der Waals surface area contributed by atoms with Crippen LogP contribution in [0.4, 0.5) is 10.8 Å². The lowest BCUT2D eigenvalue weighted by Crippen LogP contribution is -2.31. The van der Waals surface area contributed by atoms with E-state index in [4.69, 9.17) is 4.74 Å². The second-order valence-corrected chi connectivity index (χ2v) is 9.46. The predicted octanol–water partition coefficient (Wildman–Crippen LogP) is 4.81. The average Bonchev–Trinajstić information content (AvgIpc) is 3.47. The van der Waals surface area contributed by atoms with Crippen molar-refractivity contribution < 1.29 is 9.53 Å². The summed E-state index contributed by atoms with van der Waals surface area (Å²) in [6.45, 7) is 0.836. The molecule has 9 heteroatoms. The first-order valence-electron chi connectivity index (χ1n) is 8.93. The van der Waals surface area contributed by atoms with Gasteiger partial charge in [-0.25, -0.2) is 0 Å². The van der Waals surface area contributed by atoms with Gasteiger partial charge in [-0.15, -0.1) is 21.5 Å². The van der Waals surface area contributed by atoms with E-state index in [0.717, 1.165) is 35.2 Å². The van der Waals surface area contributed by atoms with Gasteiger partial charge in [0.1, 0.15) is 5.75 Å². The Hall–Kier alpha value is -2.10. The molecule has 0 radical (unpaired) electrons. The highest BCUT2D eigenvalue weighted by Gasteiger charge is 2.30. The van der Waals surface area contributed by atoms with E-state index in [2.05, 4.69) is 27.0 Å². The Morgan fingerprint density at radius 2 is 2.18 bits per heavy atom. The van der Waals surface area contributed by atoms with Gasteiger partial charge in [0.25, 0.3) is 0 Å². The van der Waals surface area contributed by atoms with Crippen LogP contribution < -0.4 is 10.1 Å². The minimum absolute atomic E-state index is 0.167. The minimum Gasteiger partial charge on any atom is -0.497 e. The minimum atomic E-state index is 0.167. The molecular weight excluding hydrogens is 412 g/mol. The maximum atomic E-state index is 12.7. The molecule has 0 aliphatic carbocycles. The third-order valence-electron chi connectivity index (χ3n) is 4.51. The van der Waals surface area contributed by atoms with Crippen molar-refractivity contribution in [2.24, 2.45) is 0 Å². The Labute approximate surface area is 175 Å². The summed E-state index contributed by atoms with van der Waals surface area (Å²) in [5.74, 6) is 1.36. The van der Waals surface area contributed by atoms with Crippen molar-refractivity contribution in [2.45, 2.75) is 23.2 Å². The molecule has 1 saturated heterocycles. The molecule has 1 fully saturated rings. The molecule has 1 aliphatic heterocycles. The van der Waals surface area contributed by atoms with Crippen molar-refractivity contribution in [2.75, 3.05) is 24.7 Å².